The molecule has 6 heteroatoms. The summed E-state index contributed by atoms with van der Waals surface area (Å²) >= 11 is 6.07. The summed E-state index contributed by atoms with van der Waals surface area (Å²) in [7, 11) is 0. The molecule has 2 amide bonds. The fourth-order valence-electron chi connectivity index (χ4n) is 3.10. The van der Waals surface area contributed by atoms with Crippen molar-refractivity contribution in [2.45, 2.75) is 26.3 Å². The number of nitrogens with one attached hydrogen (secondary N) is 1. The number of ether oxygens (including phenoxy) is 1. The highest BCUT2D eigenvalue weighted by atomic mass is 35.5. The van der Waals surface area contributed by atoms with Crippen LogP contribution < -0.4 is 15.0 Å². The molecule has 3 rings (SSSR count). The third-order valence-corrected chi connectivity index (χ3v) is 4.58. The van der Waals surface area contributed by atoms with Crippen LogP contribution in [0.4, 0.5) is 5.69 Å². The van der Waals surface area contributed by atoms with Crippen molar-refractivity contribution in [2.24, 2.45) is 0 Å². The number of halogens is 1. The number of rotatable bonds is 6. The standard InChI is InChI=1S/C20H21ClN2O3/c1-13-8-9-17-15(12-13)19(22-14(2)24)20(25)23(17)10-5-11-26-18-7-4-3-6-16(18)21/h3-4,6-9,12,19H,5,10-11H2,1-2H3,(H,22,24)/t19-/m1/s1. The summed E-state index contributed by atoms with van der Waals surface area (Å²) in [6.07, 6.45) is 0.650. The Kier molecular flexibility index (Phi) is 5.47. The van der Waals surface area contributed by atoms with Crippen molar-refractivity contribution in [3.63, 3.8) is 0 Å². The van der Waals surface area contributed by atoms with Crippen molar-refractivity contribution in [3.05, 3.63) is 58.6 Å². The average Bonchev–Trinajstić information content (AvgIpc) is 2.84. The van der Waals surface area contributed by atoms with E-state index in [0.29, 0.717) is 30.3 Å². The Morgan fingerprint density at radius 2 is 2.04 bits per heavy atom. The molecule has 1 aliphatic rings. The number of fused-ring (bicyclic) bond motifs is 1. The number of amides is 2. The van der Waals surface area contributed by atoms with Gasteiger partial charge in [0.05, 0.1) is 11.6 Å². The summed E-state index contributed by atoms with van der Waals surface area (Å²) in [4.78, 5) is 26.0. The molecule has 0 saturated heterocycles. The second-order valence-electron chi connectivity index (χ2n) is 6.32. The molecule has 2 aromatic carbocycles. The zero-order valence-corrected chi connectivity index (χ0v) is 15.5. The summed E-state index contributed by atoms with van der Waals surface area (Å²) in [6, 6.07) is 12.5. The highest BCUT2D eigenvalue weighted by Gasteiger charge is 2.37. The number of carbonyl (C=O) groups is 2. The van der Waals surface area contributed by atoms with E-state index in [-0.39, 0.29) is 11.8 Å². The molecule has 2 aromatic rings. The molecule has 1 N–H and O–H groups in total. The zero-order chi connectivity index (χ0) is 18.7. The molecule has 0 unspecified atom stereocenters. The topological polar surface area (TPSA) is 58.6 Å². The van der Waals surface area contributed by atoms with E-state index in [2.05, 4.69) is 5.32 Å². The average molecular weight is 373 g/mol. The lowest BCUT2D eigenvalue weighted by Gasteiger charge is -2.18. The van der Waals surface area contributed by atoms with Gasteiger partial charge in [0.2, 0.25) is 5.91 Å². The second kappa shape index (κ2) is 7.79. The largest absolute Gasteiger partial charge is 0.492 e. The van der Waals surface area contributed by atoms with Gasteiger partial charge in [0.1, 0.15) is 11.8 Å². The summed E-state index contributed by atoms with van der Waals surface area (Å²) in [5.74, 6) is 0.298. The number of para-hydroxylation sites is 1. The van der Waals surface area contributed by atoms with E-state index in [1.54, 1.807) is 11.0 Å². The molecule has 0 fully saturated rings. The van der Waals surface area contributed by atoms with Gasteiger partial charge in [-0.05, 0) is 31.5 Å². The van der Waals surface area contributed by atoms with Gasteiger partial charge in [-0.1, -0.05) is 41.4 Å². The molecular weight excluding hydrogens is 352 g/mol. The van der Waals surface area contributed by atoms with Crippen LogP contribution in [0.3, 0.4) is 0 Å². The van der Waals surface area contributed by atoms with Crippen molar-refractivity contribution >= 4 is 29.1 Å². The molecule has 1 atom stereocenters. The van der Waals surface area contributed by atoms with Crippen molar-refractivity contribution < 1.29 is 14.3 Å². The minimum absolute atomic E-state index is 0.112. The van der Waals surface area contributed by atoms with Gasteiger partial charge >= 0.3 is 0 Å². The first-order valence-corrected chi connectivity index (χ1v) is 8.91. The van der Waals surface area contributed by atoms with E-state index in [1.165, 1.54) is 6.92 Å². The number of benzene rings is 2. The number of anilines is 1. The number of nitrogens with zero attached hydrogens (tertiary/aromatic N) is 1. The lowest BCUT2D eigenvalue weighted by atomic mass is 10.1. The third-order valence-electron chi connectivity index (χ3n) is 4.27. The zero-order valence-electron chi connectivity index (χ0n) is 14.8. The second-order valence-corrected chi connectivity index (χ2v) is 6.73. The van der Waals surface area contributed by atoms with Gasteiger partial charge in [0.25, 0.3) is 5.91 Å². The lowest BCUT2D eigenvalue weighted by molar-refractivity contribution is -0.126. The van der Waals surface area contributed by atoms with Crippen LogP contribution in [0.5, 0.6) is 5.75 Å². The highest BCUT2D eigenvalue weighted by molar-refractivity contribution is 6.32. The Bertz CT molecular complexity index is 838. The van der Waals surface area contributed by atoms with Crippen LogP contribution in [0.2, 0.25) is 5.02 Å². The van der Waals surface area contributed by atoms with Crippen molar-refractivity contribution in [3.8, 4) is 5.75 Å². The molecule has 136 valence electrons. The Morgan fingerprint density at radius 1 is 1.27 bits per heavy atom. The Balaban J connectivity index is 1.67. The van der Waals surface area contributed by atoms with E-state index in [4.69, 9.17) is 16.3 Å². The SMILES string of the molecule is CC(=O)N[C@H]1C(=O)N(CCCOc2ccccc2Cl)c2ccc(C)cc21. The molecule has 0 spiro atoms. The molecule has 0 bridgehead atoms. The number of aryl methyl sites for hydroxylation is 1. The Labute approximate surface area is 157 Å². The van der Waals surface area contributed by atoms with Crippen LogP contribution in [0, 0.1) is 6.92 Å². The van der Waals surface area contributed by atoms with Gasteiger partial charge in [-0.25, -0.2) is 0 Å². The van der Waals surface area contributed by atoms with Gasteiger partial charge in [0, 0.05) is 24.7 Å². The van der Waals surface area contributed by atoms with E-state index in [1.807, 2.05) is 43.3 Å². The molecule has 1 heterocycles. The van der Waals surface area contributed by atoms with Gasteiger partial charge in [-0.2, -0.15) is 0 Å². The van der Waals surface area contributed by atoms with Gasteiger partial charge in [-0.15, -0.1) is 0 Å². The first kappa shape index (κ1) is 18.3. The minimum Gasteiger partial charge on any atom is -0.492 e. The molecule has 26 heavy (non-hydrogen) atoms. The Morgan fingerprint density at radius 3 is 2.77 bits per heavy atom. The summed E-state index contributed by atoms with van der Waals surface area (Å²) in [5.41, 5.74) is 2.74. The normalized spacial score (nSPS) is 15.7. The maximum atomic E-state index is 12.8. The first-order valence-electron chi connectivity index (χ1n) is 8.53. The minimum atomic E-state index is -0.619. The maximum absolute atomic E-state index is 12.8. The molecule has 1 aliphatic heterocycles. The van der Waals surface area contributed by atoms with Crippen LogP contribution in [0.1, 0.15) is 30.5 Å². The fourth-order valence-corrected chi connectivity index (χ4v) is 3.29. The predicted molar refractivity (Wildman–Crippen MR) is 102 cm³/mol. The highest BCUT2D eigenvalue weighted by Crippen LogP contribution is 2.36. The van der Waals surface area contributed by atoms with Gasteiger partial charge < -0.3 is 15.0 Å². The molecule has 5 nitrogen and oxygen atoms in total. The Hall–Kier alpha value is -2.53. The quantitative estimate of drug-likeness (QED) is 0.787. The smallest absolute Gasteiger partial charge is 0.254 e. The van der Waals surface area contributed by atoms with E-state index >= 15 is 0 Å². The summed E-state index contributed by atoms with van der Waals surface area (Å²) < 4.78 is 5.69. The molecule has 0 aromatic heterocycles. The molecule has 0 saturated carbocycles. The summed E-state index contributed by atoms with van der Waals surface area (Å²) in [5, 5.41) is 3.32. The monoisotopic (exact) mass is 372 g/mol. The summed E-state index contributed by atoms with van der Waals surface area (Å²) in [6.45, 7) is 4.34. The number of carbonyl (C=O) groups excluding carboxylic acids is 2. The van der Waals surface area contributed by atoms with E-state index < -0.39 is 6.04 Å². The van der Waals surface area contributed by atoms with E-state index in [0.717, 1.165) is 16.8 Å². The van der Waals surface area contributed by atoms with Gasteiger partial charge in [0.15, 0.2) is 0 Å². The predicted octanol–water partition coefficient (Wildman–Crippen LogP) is 3.64. The molecular formula is C20H21ClN2O3. The number of hydrogen-bond acceptors (Lipinski definition) is 3. The maximum Gasteiger partial charge on any atom is 0.254 e. The third kappa shape index (κ3) is 3.83. The van der Waals surface area contributed by atoms with Crippen molar-refractivity contribution in [2.75, 3.05) is 18.1 Å². The van der Waals surface area contributed by atoms with Crippen LogP contribution in [-0.2, 0) is 9.59 Å². The molecule has 0 aliphatic carbocycles. The number of hydrogen-bond donors (Lipinski definition) is 1. The van der Waals surface area contributed by atoms with Crippen molar-refractivity contribution in [1.29, 1.82) is 0 Å². The van der Waals surface area contributed by atoms with Crippen LogP contribution in [0.15, 0.2) is 42.5 Å². The van der Waals surface area contributed by atoms with Crippen molar-refractivity contribution in [1.82, 2.24) is 5.32 Å². The molecule has 0 radical (unpaired) electrons. The van der Waals surface area contributed by atoms with E-state index in [9.17, 15) is 9.59 Å². The van der Waals surface area contributed by atoms with Crippen LogP contribution in [0.25, 0.3) is 0 Å². The van der Waals surface area contributed by atoms with Crippen LogP contribution in [-0.4, -0.2) is 25.0 Å². The van der Waals surface area contributed by atoms with Gasteiger partial charge in [-0.3, -0.25) is 9.59 Å². The fraction of sp³-hybridized carbons (Fsp3) is 0.300. The first-order chi connectivity index (χ1) is 12.5. The lowest BCUT2D eigenvalue weighted by Crippen LogP contribution is -2.37. The van der Waals surface area contributed by atoms with Crippen LogP contribution >= 0.6 is 11.6 Å².